The molecule has 2 aliphatic carbocycles. The van der Waals surface area contributed by atoms with Crippen LogP contribution in [0.3, 0.4) is 0 Å². The van der Waals surface area contributed by atoms with Gasteiger partial charge in [0.05, 0.1) is 0 Å². The largest absolute Gasteiger partial charge is 0.342 e. The molecular weight excluding hydrogens is 368 g/mol. The fraction of sp³-hybridized carbons (Fsp3) is 0.667. The van der Waals surface area contributed by atoms with Crippen LogP contribution in [-0.2, 0) is 11.2 Å². The van der Waals surface area contributed by atoms with E-state index in [-0.39, 0.29) is 0 Å². The van der Waals surface area contributed by atoms with Crippen LogP contribution in [-0.4, -0.2) is 47.9 Å². The minimum absolute atomic E-state index is 0.303. The first-order chi connectivity index (χ1) is 14.7. The molecular formula is C27H38N2O. The van der Waals surface area contributed by atoms with Crippen LogP contribution < -0.4 is 0 Å². The first kappa shape index (κ1) is 20.3. The van der Waals surface area contributed by atoms with Crippen molar-refractivity contribution in [2.75, 3.05) is 26.2 Å². The van der Waals surface area contributed by atoms with Crippen LogP contribution in [0.2, 0.25) is 0 Å². The monoisotopic (exact) mass is 406 g/mol. The Kier molecular flexibility index (Phi) is 6.00. The summed E-state index contributed by atoms with van der Waals surface area (Å²) >= 11 is 0. The molecule has 1 saturated carbocycles. The number of hydrogen-bond acceptors (Lipinski definition) is 2. The molecule has 0 bridgehead atoms. The average molecular weight is 407 g/mol. The van der Waals surface area contributed by atoms with Gasteiger partial charge in [-0.2, -0.15) is 0 Å². The number of carbonyl (C=O) groups excluding carboxylic acids is 1. The molecule has 2 heterocycles. The highest BCUT2D eigenvalue weighted by Gasteiger charge is 2.42. The Bertz CT molecular complexity index is 764. The molecule has 30 heavy (non-hydrogen) atoms. The van der Waals surface area contributed by atoms with Crippen molar-refractivity contribution in [1.29, 1.82) is 0 Å². The summed E-state index contributed by atoms with van der Waals surface area (Å²) in [5.74, 6) is 2.36. The molecule has 4 atom stereocenters. The maximum atomic E-state index is 13.0. The quantitative estimate of drug-likeness (QED) is 0.641. The number of benzene rings is 1. The summed E-state index contributed by atoms with van der Waals surface area (Å²) < 4.78 is 0. The SMILES string of the molecule is CC1CCCN1CCc1ccc(C2C=CC3CN(C(=O)C4CCCCC4)CC32)cc1. The number of rotatable bonds is 5. The van der Waals surface area contributed by atoms with Gasteiger partial charge in [-0.05, 0) is 68.5 Å². The van der Waals surface area contributed by atoms with Gasteiger partial charge in [-0.3, -0.25) is 4.79 Å². The van der Waals surface area contributed by atoms with E-state index in [1.807, 2.05) is 0 Å². The van der Waals surface area contributed by atoms with Gasteiger partial charge in [0.25, 0.3) is 0 Å². The number of hydrogen-bond donors (Lipinski definition) is 0. The Morgan fingerprint density at radius 2 is 1.77 bits per heavy atom. The van der Waals surface area contributed by atoms with Crippen LogP contribution in [0.1, 0.15) is 68.9 Å². The lowest BCUT2D eigenvalue weighted by Gasteiger charge is -2.27. The normalized spacial score (nSPS) is 32.1. The molecule has 2 saturated heterocycles. The minimum atomic E-state index is 0.303. The number of carbonyl (C=O) groups is 1. The Morgan fingerprint density at radius 3 is 2.50 bits per heavy atom. The van der Waals surface area contributed by atoms with E-state index in [9.17, 15) is 4.79 Å². The van der Waals surface area contributed by atoms with Crippen LogP contribution in [0, 0.1) is 17.8 Å². The molecule has 0 spiro atoms. The molecule has 2 aliphatic heterocycles. The lowest BCUT2D eigenvalue weighted by molar-refractivity contribution is -0.135. The van der Waals surface area contributed by atoms with Crippen molar-refractivity contribution in [3.05, 3.63) is 47.5 Å². The summed E-state index contributed by atoms with van der Waals surface area (Å²) in [6, 6.07) is 10.2. The molecule has 1 amide bonds. The second kappa shape index (κ2) is 8.86. The molecule has 1 aromatic carbocycles. The lowest BCUT2D eigenvalue weighted by atomic mass is 9.85. The van der Waals surface area contributed by atoms with Crippen molar-refractivity contribution in [3.63, 3.8) is 0 Å². The third-order valence-electron chi connectivity index (χ3n) is 8.45. The summed E-state index contributed by atoms with van der Waals surface area (Å²) in [5.41, 5.74) is 2.89. The number of allylic oxidation sites excluding steroid dienone is 1. The Balaban J connectivity index is 1.18. The Hall–Kier alpha value is -1.61. The van der Waals surface area contributed by atoms with E-state index in [1.165, 1.54) is 56.3 Å². The first-order valence-electron chi connectivity index (χ1n) is 12.5. The van der Waals surface area contributed by atoms with Crippen LogP contribution in [0.5, 0.6) is 0 Å². The zero-order valence-electron chi connectivity index (χ0n) is 18.6. The van der Waals surface area contributed by atoms with E-state index in [1.54, 1.807) is 0 Å². The van der Waals surface area contributed by atoms with Gasteiger partial charge < -0.3 is 9.80 Å². The topological polar surface area (TPSA) is 23.6 Å². The number of amides is 1. The zero-order chi connectivity index (χ0) is 20.5. The summed E-state index contributed by atoms with van der Waals surface area (Å²) in [4.78, 5) is 17.9. The van der Waals surface area contributed by atoms with Crippen molar-refractivity contribution in [2.24, 2.45) is 17.8 Å². The van der Waals surface area contributed by atoms with Crippen molar-refractivity contribution in [3.8, 4) is 0 Å². The third-order valence-corrected chi connectivity index (χ3v) is 8.45. The van der Waals surface area contributed by atoms with E-state index in [2.05, 4.69) is 53.1 Å². The van der Waals surface area contributed by atoms with Gasteiger partial charge in [-0.15, -0.1) is 0 Å². The summed E-state index contributed by atoms with van der Waals surface area (Å²) in [5, 5.41) is 0. The molecule has 4 unspecified atom stereocenters. The fourth-order valence-corrected chi connectivity index (χ4v) is 6.49. The fourth-order valence-electron chi connectivity index (χ4n) is 6.49. The lowest BCUT2D eigenvalue weighted by Crippen LogP contribution is -2.36. The number of fused-ring (bicyclic) bond motifs is 1. The predicted molar refractivity (Wildman–Crippen MR) is 122 cm³/mol. The summed E-state index contributed by atoms with van der Waals surface area (Å²) in [6.45, 7) is 6.71. The van der Waals surface area contributed by atoms with E-state index in [0.29, 0.717) is 29.6 Å². The Morgan fingerprint density at radius 1 is 0.967 bits per heavy atom. The molecule has 1 aromatic rings. The van der Waals surface area contributed by atoms with Crippen molar-refractivity contribution < 1.29 is 4.79 Å². The molecule has 5 rings (SSSR count). The van der Waals surface area contributed by atoms with E-state index in [4.69, 9.17) is 0 Å². The summed E-state index contributed by atoms with van der Waals surface area (Å²) in [7, 11) is 0. The first-order valence-corrected chi connectivity index (χ1v) is 12.5. The van der Waals surface area contributed by atoms with Gasteiger partial charge in [0.15, 0.2) is 0 Å². The second-order valence-corrected chi connectivity index (χ2v) is 10.3. The maximum Gasteiger partial charge on any atom is 0.225 e. The maximum absolute atomic E-state index is 13.0. The zero-order valence-corrected chi connectivity index (χ0v) is 18.6. The Labute approximate surface area is 182 Å². The highest BCUT2D eigenvalue weighted by atomic mass is 16.2. The second-order valence-electron chi connectivity index (χ2n) is 10.3. The smallest absolute Gasteiger partial charge is 0.225 e. The molecule has 3 fully saturated rings. The van der Waals surface area contributed by atoms with Crippen LogP contribution in [0.15, 0.2) is 36.4 Å². The number of likely N-dealkylation sites (tertiary alicyclic amines) is 2. The molecule has 3 nitrogen and oxygen atoms in total. The average Bonchev–Trinajstić information content (AvgIpc) is 3.49. The van der Waals surface area contributed by atoms with E-state index in [0.717, 1.165) is 38.4 Å². The van der Waals surface area contributed by atoms with Crippen LogP contribution in [0.25, 0.3) is 0 Å². The molecule has 3 heteroatoms. The van der Waals surface area contributed by atoms with Gasteiger partial charge in [0, 0.05) is 37.5 Å². The minimum Gasteiger partial charge on any atom is -0.342 e. The van der Waals surface area contributed by atoms with Crippen LogP contribution in [0.4, 0.5) is 0 Å². The van der Waals surface area contributed by atoms with Gasteiger partial charge in [0.2, 0.25) is 5.91 Å². The molecule has 162 valence electrons. The van der Waals surface area contributed by atoms with Crippen molar-refractivity contribution >= 4 is 5.91 Å². The number of nitrogens with zero attached hydrogens (tertiary/aromatic N) is 2. The van der Waals surface area contributed by atoms with E-state index >= 15 is 0 Å². The van der Waals surface area contributed by atoms with Crippen molar-refractivity contribution in [1.82, 2.24) is 9.80 Å². The molecule has 0 radical (unpaired) electrons. The predicted octanol–water partition coefficient (Wildman–Crippen LogP) is 5.02. The molecule has 0 N–H and O–H groups in total. The summed E-state index contributed by atoms with van der Waals surface area (Å²) in [6.07, 6.45) is 14.7. The van der Waals surface area contributed by atoms with Gasteiger partial charge in [-0.1, -0.05) is 55.7 Å². The van der Waals surface area contributed by atoms with Crippen LogP contribution >= 0.6 is 0 Å². The highest BCUT2D eigenvalue weighted by Crippen LogP contribution is 2.43. The van der Waals surface area contributed by atoms with Gasteiger partial charge in [-0.25, -0.2) is 0 Å². The molecule has 0 aromatic heterocycles. The molecule has 4 aliphatic rings. The van der Waals surface area contributed by atoms with Gasteiger partial charge >= 0.3 is 0 Å². The van der Waals surface area contributed by atoms with Gasteiger partial charge in [0.1, 0.15) is 0 Å². The standard InChI is InChI=1S/C27H38N2O/c1-20-6-5-16-28(20)17-15-21-9-11-22(12-10-21)25-14-13-24-18-29(19-26(24)25)27(30)23-7-3-2-4-8-23/h9-14,20,23-26H,2-8,15-19H2,1H3. The highest BCUT2D eigenvalue weighted by molar-refractivity contribution is 5.79. The van der Waals surface area contributed by atoms with E-state index < -0.39 is 0 Å². The third kappa shape index (κ3) is 4.10. The van der Waals surface area contributed by atoms with Crippen molar-refractivity contribution in [2.45, 2.75) is 70.3 Å².